The lowest BCUT2D eigenvalue weighted by atomic mass is 10.4. The first-order valence-electron chi connectivity index (χ1n) is 3.16. The largest absolute Gasteiger partial charge is 0.618 e. The second-order valence-electron chi connectivity index (χ2n) is 2.32. The number of hydrogen-bond donors (Lipinski definition) is 1. The van der Waals surface area contributed by atoms with Gasteiger partial charge in [-0.1, -0.05) is 0 Å². The van der Waals surface area contributed by atoms with Gasteiger partial charge in [-0.15, -0.1) is 0 Å². The molecule has 0 saturated heterocycles. The molecule has 1 aromatic heterocycles. The maximum absolute atomic E-state index is 10.9. The molecule has 2 N–H and O–H groups in total. The van der Waals surface area contributed by atoms with Gasteiger partial charge in [0, 0.05) is 12.1 Å². The maximum atomic E-state index is 10.9. The molecule has 12 heavy (non-hydrogen) atoms. The van der Waals surface area contributed by atoms with Gasteiger partial charge in [-0.2, -0.15) is 4.73 Å². The van der Waals surface area contributed by atoms with Crippen molar-refractivity contribution in [3.8, 4) is 0 Å². The molecule has 0 bridgehead atoms. The smallest absolute Gasteiger partial charge is 0.219 e. The van der Waals surface area contributed by atoms with Crippen LogP contribution < -0.4 is 9.87 Å². The number of pyridine rings is 1. The van der Waals surface area contributed by atoms with Crippen molar-refractivity contribution >= 4 is 10.0 Å². The highest BCUT2D eigenvalue weighted by molar-refractivity contribution is 7.88. The number of aromatic nitrogens is 1. The summed E-state index contributed by atoms with van der Waals surface area (Å²) in [6.07, 6.45) is 1.22. The molecule has 0 amide bonds. The van der Waals surface area contributed by atoms with Crippen LogP contribution in [0.2, 0.25) is 0 Å². The van der Waals surface area contributed by atoms with E-state index in [0.29, 0.717) is 4.73 Å². The quantitative estimate of drug-likeness (QED) is 0.482. The van der Waals surface area contributed by atoms with E-state index in [1.165, 1.54) is 18.3 Å². The first kappa shape index (κ1) is 8.95. The highest BCUT2D eigenvalue weighted by atomic mass is 32.2. The number of hydrogen-bond acceptors (Lipinski definition) is 3. The van der Waals surface area contributed by atoms with Gasteiger partial charge in [-0.3, -0.25) is 0 Å². The van der Waals surface area contributed by atoms with Crippen molar-refractivity contribution in [1.82, 2.24) is 0 Å². The van der Waals surface area contributed by atoms with Crippen LogP contribution in [0, 0.1) is 5.21 Å². The van der Waals surface area contributed by atoms with Gasteiger partial charge < -0.3 is 5.21 Å². The zero-order valence-electron chi connectivity index (χ0n) is 6.17. The third-order valence-corrected chi connectivity index (χ3v) is 1.95. The lowest BCUT2D eigenvalue weighted by Crippen LogP contribution is -2.33. The Morgan fingerprint density at radius 1 is 1.50 bits per heavy atom. The lowest BCUT2D eigenvalue weighted by molar-refractivity contribution is -0.612. The minimum Gasteiger partial charge on any atom is -0.618 e. The normalized spacial score (nSPS) is 11.4. The summed E-state index contributed by atoms with van der Waals surface area (Å²) in [6, 6.07) is 4.51. The van der Waals surface area contributed by atoms with Crippen LogP contribution in [-0.2, 0) is 15.8 Å². The summed E-state index contributed by atoms with van der Waals surface area (Å²) in [6.45, 7) is 0. The van der Waals surface area contributed by atoms with Crippen LogP contribution in [-0.4, -0.2) is 8.42 Å². The Morgan fingerprint density at radius 2 is 2.17 bits per heavy atom. The highest BCUT2D eigenvalue weighted by Crippen LogP contribution is 1.95. The summed E-state index contributed by atoms with van der Waals surface area (Å²) in [5.41, 5.74) is 0.125. The van der Waals surface area contributed by atoms with Gasteiger partial charge in [-0.25, -0.2) is 13.6 Å². The predicted molar refractivity (Wildman–Crippen MR) is 42.2 cm³/mol. The molecule has 0 unspecified atom stereocenters. The summed E-state index contributed by atoms with van der Waals surface area (Å²) in [5, 5.41) is 15.6. The minimum atomic E-state index is -3.62. The highest BCUT2D eigenvalue weighted by Gasteiger charge is 2.11. The fraction of sp³-hybridized carbons (Fsp3) is 0.167. The third-order valence-electron chi connectivity index (χ3n) is 1.25. The monoisotopic (exact) mass is 188 g/mol. The van der Waals surface area contributed by atoms with E-state index in [4.69, 9.17) is 5.14 Å². The van der Waals surface area contributed by atoms with Gasteiger partial charge in [0.1, 0.15) is 5.75 Å². The molecule has 0 aliphatic heterocycles. The Hall–Kier alpha value is -1.14. The molecule has 0 atom stereocenters. The van der Waals surface area contributed by atoms with Crippen molar-refractivity contribution in [3.05, 3.63) is 35.3 Å². The molecule has 1 aromatic rings. The molecule has 0 spiro atoms. The molecular weight excluding hydrogens is 180 g/mol. The Bertz CT molecular complexity index is 374. The van der Waals surface area contributed by atoms with Crippen molar-refractivity contribution in [2.75, 3.05) is 0 Å². The van der Waals surface area contributed by atoms with Gasteiger partial charge in [-0.05, 0) is 6.07 Å². The van der Waals surface area contributed by atoms with Crippen LogP contribution in [0.4, 0.5) is 0 Å². The zero-order chi connectivity index (χ0) is 9.19. The van der Waals surface area contributed by atoms with Gasteiger partial charge in [0.25, 0.3) is 0 Å². The maximum Gasteiger partial charge on any atom is 0.219 e. The van der Waals surface area contributed by atoms with E-state index in [2.05, 4.69) is 0 Å². The Kier molecular flexibility index (Phi) is 2.30. The van der Waals surface area contributed by atoms with Crippen LogP contribution in [0.25, 0.3) is 0 Å². The molecule has 66 valence electrons. The van der Waals surface area contributed by atoms with Crippen molar-refractivity contribution in [1.29, 1.82) is 0 Å². The molecule has 1 heterocycles. The van der Waals surface area contributed by atoms with E-state index in [-0.39, 0.29) is 5.69 Å². The second-order valence-corrected chi connectivity index (χ2v) is 3.94. The number of sulfonamides is 1. The van der Waals surface area contributed by atoms with E-state index >= 15 is 0 Å². The van der Waals surface area contributed by atoms with E-state index in [1.807, 2.05) is 0 Å². The van der Waals surface area contributed by atoms with Crippen molar-refractivity contribution < 1.29 is 13.1 Å². The van der Waals surface area contributed by atoms with Crippen molar-refractivity contribution in [2.24, 2.45) is 5.14 Å². The Labute approximate surface area is 70.1 Å². The van der Waals surface area contributed by atoms with E-state index in [0.717, 1.165) is 0 Å². The fourth-order valence-electron chi connectivity index (χ4n) is 0.782. The summed E-state index contributed by atoms with van der Waals surface area (Å²) < 4.78 is 21.6. The van der Waals surface area contributed by atoms with Gasteiger partial charge in [0.05, 0.1) is 0 Å². The molecular formula is C6H8N2O3S. The summed E-state index contributed by atoms with van der Waals surface area (Å²) in [4.78, 5) is 0. The standard InChI is InChI=1S/C6H8N2O3S/c7-12(10,11)5-6-3-1-2-4-8(6)9/h1-4H,5H2,(H2,7,10,11). The molecule has 1 rings (SSSR count). The summed E-state index contributed by atoms with van der Waals surface area (Å²) in [5.74, 6) is -0.433. The SMILES string of the molecule is NS(=O)(=O)Cc1cccc[n+]1[O-]. The van der Waals surface area contributed by atoms with Crippen LogP contribution in [0.15, 0.2) is 24.4 Å². The van der Waals surface area contributed by atoms with E-state index in [9.17, 15) is 13.6 Å². The Morgan fingerprint density at radius 3 is 2.67 bits per heavy atom. The summed E-state index contributed by atoms with van der Waals surface area (Å²) in [7, 11) is -3.62. The van der Waals surface area contributed by atoms with Crippen molar-refractivity contribution in [2.45, 2.75) is 5.75 Å². The average molecular weight is 188 g/mol. The number of nitrogens with zero attached hydrogens (tertiary/aromatic N) is 1. The van der Waals surface area contributed by atoms with E-state index < -0.39 is 15.8 Å². The molecule has 0 fully saturated rings. The molecule has 0 saturated carbocycles. The first-order chi connectivity index (χ1) is 5.49. The lowest BCUT2D eigenvalue weighted by Gasteiger charge is -2.01. The predicted octanol–water partition coefficient (Wildman–Crippen LogP) is -0.891. The molecule has 6 heteroatoms. The van der Waals surface area contributed by atoms with E-state index in [1.54, 1.807) is 6.07 Å². The van der Waals surface area contributed by atoms with Crippen LogP contribution in [0.5, 0.6) is 0 Å². The molecule has 0 aromatic carbocycles. The molecule has 5 nitrogen and oxygen atoms in total. The number of nitrogens with two attached hydrogens (primary N) is 1. The van der Waals surface area contributed by atoms with Gasteiger partial charge in [0.15, 0.2) is 6.20 Å². The zero-order valence-corrected chi connectivity index (χ0v) is 6.99. The fourth-order valence-corrected chi connectivity index (χ4v) is 1.42. The number of primary sulfonamides is 1. The van der Waals surface area contributed by atoms with Crippen molar-refractivity contribution in [3.63, 3.8) is 0 Å². The molecule has 0 aliphatic rings. The number of rotatable bonds is 2. The summed E-state index contributed by atoms with van der Waals surface area (Å²) >= 11 is 0. The average Bonchev–Trinajstić information content (AvgIpc) is 1.91. The van der Waals surface area contributed by atoms with Crippen LogP contribution in [0.1, 0.15) is 5.69 Å². The van der Waals surface area contributed by atoms with Crippen LogP contribution >= 0.6 is 0 Å². The van der Waals surface area contributed by atoms with Gasteiger partial charge >= 0.3 is 0 Å². The van der Waals surface area contributed by atoms with Gasteiger partial charge in [0.2, 0.25) is 15.7 Å². The topological polar surface area (TPSA) is 87.1 Å². The Balaban J connectivity index is 2.98. The van der Waals surface area contributed by atoms with Crippen LogP contribution in [0.3, 0.4) is 0 Å². The second kappa shape index (κ2) is 3.08. The minimum absolute atomic E-state index is 0.125. The third kappa shape index (κ3) is 2.48. The molecule has 0 radical (unpaired) electrons. The first-order valence-corrected chi connectivity index (χ1v) is 4.88. The molecule has 0 aliphatic carbocycles.